The van der Waals surface area contributed by atoms with Gasteiger partial charge in [0.2, 0.25) is 0 Å². The summed E-state index contributed by atoms with van der Waals surface area (Å²) >= 11 is 0. The van der Waals surface area contributed by atoms with Crippen LogP contribution in [0.4, 0.5) is 5.69 Å². The number of anilines is 1. The fraction of sp³-hybridized carbons (Fsp3) is 0.158. The molecule has 1 amide bonds. The summed E-state index contributed by atoms with van der Waals surface area (Å²) in [6, 6.07) is 13.6. The van der Waals surface area contributed by atoms with Crippen LogP contribution in [0.1, 0.15) is 34.7 Å². The molecule has 2 aromatic carbocycles. The number of nitrogens with zero attached hydrogens (tertiary/aromatic N) is 2. The number of benzene rings is 2. The van der Waals surface area contributed by atoms with Crippen LogP contribution < -0.4 is 10.9 Å². The molecule has 126 valence electrons. The van der Waals surface area contributed by atoms with Crippen molar-refractivity contribution in [1.29, 1.82) is 0 Å². The van der Waals surface area contributed by atoms with Crippen molar-refractivity contribution in [3.8, 4) is 0 Å². The number of amides is 1. The van der Waals surface area contributed by atoms with E-state index in [9.17, 15) is 14.4 Å². The van der Waals surface area contributed by atoms with Gasteiger partial charge >= 0.3 is 0 Å². The molecule has 0 aliphatic carbocycles. The molecule has 1 N–H and O–H groups in total. The molecule has 25 heavy (non-hydrogen) atoms. The molecule has 0 unspecified atom stereocenters. The van der Waals surface area contributed by atoms with Crippen molar-refractivity contribution in [3.63, 3.8) is 0 Å². The lowest BCUT2D eigenvalue weighted by Gasteiger charge is -2.10. The summed E-state index contributed by atoms with van der Waals surface area (Å²) < 4.78 is 1.27. The molecule has 0 fully saturated rings. The Bertz CT molecular complexity index is 1040. The van der Waals surface area contributed by atoms with Crippen molar-refractivity contribution >= 4 is 28.2 Å². The normalized spacial score (nSPS) is 10.6. The van der Waals surface area contributed by atoms with Gasteiger partial charge in [-0.1, -0.05) is 30.3 Å². The van der Waals surface area contributed by atoms with Gasteiger partial charge in [0.15, 0.2) is 11.5 Å². The van der Waals surface area contributed by atoms with E-state index in [0.717, 1.165) is 0 Å². The summed E-state index contributed by atoms with van der Waals surface area (Å²) in [5.74, 6) is -0.515. The first-order valence-electron chi connectivity index (χ1n) is 7.93. The number of aryl methyl sites for hydroxylation is 1. The summed E-state index contributed by atoms with van der Waals surface area (Å²) in [6.45, 7) is 3.62. The summed E-state index contributed by atoms with van der Waals surface area (Å²) in [4.78, 5) is 36.5. The smallest absolute Gasteiger partial charge is 0.276 e. The van der Waals surface area contributed by atoms with Crippen LogP contribution in [0.2, 0.25) is 0 Å². The van der Waals surface area contributed by atoms with Crippen LogP contribution in [-0.4, -0.2) is 21.5 Å². The van der Waals surface area contributed by atoms with E-state index in [2.05, 4.69) is 10.4 Å². The number of carbonyl (C=O) groups is 2. The molecule has 0 aliphatic rings. The number of hydrogen-bond donors (Lipinski definition) is 1. The van der Waals surface area contributed by atoms with Gasteiger partial charge in [-0.05, 0) is 32.0 Å². The number of nitrogens with one attached hydrogen (secondary N) is 1. The highest BCUT2D eigenvalue weighted by Crippen LogP contribution is 2.16. The van der Waals surface area contributed by atoms with E-state index in [4.69, 9.17) is 0 Å². The Kier molecular flexibility index (Phi) is 4.43. The van der Waals surface area contributed by atoms with Gasteiger partial charge in [-0.25, -0.2) is 4.68 Å². The molecule has 0 bridgehead atoms. The van der Waals surface area contributed by atoms with Gasteiger partial charge in [0.05, 0.1) is 5.39 Å². The van der Waals surface area contributed by atoms with Crippen molar-refractivity contribution in [1.82, 2.24) is 9.78 Å². The van der Waals surface area contributed by atoms with E-state index in [-0.39, 0.29) is 17.0 Å². The first-order valence-corrected chi connectivity index (χ1v) is 7.93. The summed E-state index contributed by atoms with van der Waals surface area (Å²) in [5.41, 5.74) is 0.950. The average Bonchev–Trinajstić information content (AvgIpc) is 2.62. The molecule has 1 aromatic heterocycles. The molecule has 3 aromatic rings. The predicted molar refractivity (Wildman–Crippen MR) is 96.1 cm³/mol. The third-order valence-corrected chi connectivity index (χ3v) is 3.91. The molecule has 0 saturated heterocycles. The topological polar surface area (TPSA) is 81.1 Å². The highest BCUT2D eigenvalue weighted by atomic mass is 16.2. The zero-order valence-corrected chi connectivity index (χ0v) is 13.9. The van der Waals surface area contributed by atoms with Crippen LogP contribution in [0.5, 0.6) is 0 Å². The maximum atomic E-state index is 12.7. The largest absolute Gasteiger partial charge is 0.321 e. The van der Waals surface area contributed by atoms with E-state index >= 15 is 0 Å². The number of carbonyl (C=O) groups excluding carboxylic acids is 2. The Balaban J connectivity index is 2.06. The van der Waals surface area contributed by atoms with Crippen LogP contribution in [-0.2, 0) is 6.54 Å². The Morgan fingerprint density at radius 1 is 1.08 bits per heavy atom. The minimum atomic E-state index is -0.431. The lowest BCUT2D eigenvalue weighted by Crippen LogP contribution is -2.27. The number of hydrogen-bond acceptors (Lipinski definition) is 4. The third kappa shape index (κ3) is 3.19. The molecule has 6 nitrogen and oxygen atoms in total. The molecule has 0 aliphatic heterocycles. The Hall–Kier alpha value is -3.28. The van der Waals surface area contributed by atoms with Crippen molar-refractivity contribution in [2.45, 2.75) is 20.4 Å². The molecule has 3 rings (SSSR count). The van der Waals surface area contributed by atoms with Gasteiger partial charge in [0.1, 0.15) is 0 Å². The molecule has 1 heterocycles. The predicted octanol–water partition coefficient (Wildman–Crippen LogP) is 2.87. The van der Waals surface area contributed by atoms with Gasteiger partial charge in [-0.15, -0.1) is 0 Å². The Labute approximate surface area is 144 Å². The minimum Gasteiger partial charge on any atom is -0.321 e. The first-order chi connectivity index (χ1) is 12.0. The molecule has 6 heteroatoms. The highest BCUT2D eigenvalue weighted by Gasteiger charge is 2.16. The maximum Gasteiger partial charge on any atom is 0.276 e. The van der Waals surface area contributed by atoms with Gasteiger partial charge in [-0.3, -0.25) is 14.4 Å². The molecular formula is C19H17N3O3. The van der Waals surface area contributed by atoms with Gasteiger partial charge in [0, 0.05) is 23.2 Å². The van der Waals surface area contributed by atoms with Crippen LogP contribution in [0, 0.1) is 0 Å². The minimum absolute atomic E-state index is 0.0841. The molecule has 0 atom stereocenters. The lowest BCUT2D eigenvalue weighted by atomic mass is 10.1. The zero-order chi connectivity index (χ0) is 18.0. The average molecular weight is 335 g/mol. The van der Waals surface area contributed by atoms with E-state index in [0.29, 0.717) is 28.6 Å². The number of rotatable bonds is 4. The molecule has 0 radical (unpaired) electrons. The standard InChI is InChI=1S/C19H17N3O3/c1-3-22-19(25)16-10-5-4-9-15(16)17(21-22)18(24)20-14-8-6-7-13(11-14)12(2)23/h4-11H,3H2,1-2H3,(H,20,24). The second kappa shape index (κ2) is 6.68. The van der Waals surface area contributed by atoms with E-state index < -0.39 is 5.91 Å². The number of ketones is 1. The second-order valence-corrected chi connectivity index (χ2v) is 5.61. The summed E-state index contributed by atoms with van der Waals surface area (Å²) in [7, 11) is 0. The number of fused-ring (bicyclic) bond motifs is 1. The monoisotopic (exact) mass is 335 g/mol. The second-order valence-electron chi connectivity index (χ2n) is 5.61. The van der Waals surface area contributed by atoms with Crippen LogP contribution >= 0.6 is 0 Å². The fourth-order valence-corrected chi connectivity index (χ4v) is 2.62. The summed E-state index contributed by atoms with van der Waals surface area (Å²) in [5, 5.41) is 7.89. The first kappa shape index (κ1) is 16.6. The van der Waals surface area contributed by atoms with Gasteiger partial charge in [0.25, 0.3) is 11.5 Å². The summed E-state index contributed by atoms with van der Waals surface area (Å²) in [6.07, 6.45) is 0. The van der Waals surface area contributed by atoms with E-state index in [1.54, 1.807) is 55.5 Å². The van der Waals surface area contributed by atoms with Crippen molar-refractivity contribution < 1.29 is 9.59 Å². The number of aromatic nitrogens is 2. The maximum absolute atomic E-state index is 12.7. The van der Waals surface area contributed by atoms with E-state index in [1.807, 2.05) is 0 Å². The van der Waals surface area contributed by atoms with Crippen molar-refractivity contribution in [2.24, 2.45) is 0 Å². The van der Waals surface area contributed by atoms with Crippen LogP contribution in [0.3, 0.4) is 0 Å². The third-order valence-electron chi connectivity index (χ3n) is 3.91. The van der Waals surface area contributed by atoms with Gasteiger partial charge in [-0.2, -0.15) is 5.10 Å². The molecule has 0 saturated carbocycles. The lowest BCUT2D eigenvalue weighted by molar-refractivity contribution is 0.100. The van der Waals surface area contributed by atoms with Gasteiger partial charge < -0.3 is 5.32 Å². The Morgan fingerprint density at radius 3 is 2.48 bits per heavy atom. The van der Waals surface area contributed by atoms with E-state index in [1.165, 1.54) is 11.6 Å². The van der Waals surface area contributed by atoms with Crippen molar-refractivity contribution in [3.05, 3.63) is 70.1 Å². The SMILES string of the molecule is CCn1nc(C(=O)Nc2cccc(C(C)=O)c2)c2ccccc2c1=O. The number of Topliss-reactive ketones (excluding diaryl/α,β-unsaturated/α-hetero) is 1. The quantitative estimate of drug-likeness (QED) is 0.743. The molecule has 0 spiro atoms. The van der Waals surface area contributed by atoms with Crippen molar-refractivity contribution in [2.75, 3.05) is 5.32 Å². The fourth-order valence-electron chi connectivity index (χ4n) is 2.62. The van der Waals surface area contributed by atoms with Crippen LogP contribution in [0.15, 0.2) is 53.3 Å². The zero-order valence-electron chi connectivity index (χ0n) is 13.9. The Morgan fingerprint density at radius 2 is 1.80 bits per heavy atom. The molecular weight excluding hydrogens is 318 g/mol. The highest BCUT2D eigenvalue weighted by molar-refractivity contribution is 6.11. The van der Waals surface area contributed by atoms with Crippen LogP contribution in [0.25, 0.3) is 10.8 Å².